The molecule has 3 rings (SSSR count). The summed E-state index contributed by atoms with van der Waals surface area (Å²) >= 11 is 3.23. The van der Waals surface area contributed by atoms with E-state index in [2.05, 4.69) is 36.8 Å². The van der Waals surface area contributed by atoms with Crippen molar-refractivity contribution in [3.05, 3.63) is 40.0 Å². The minimum Gasteiger partial charge on any atom is -0.452 e. The van der Waals surface area contributed by atoms with Crippen LogP contribution in [-0.4, -0.2) is 16.2 Å². The zero-order valence-electron chi connectivity index (χ0n) is 10.8. The number of aromatic amines is 1. The fourth-order valence-electron chi connectivity index (χ4n) is 2.43. The lowest BCUT2D eigenvalue weighted by atomic mass is 9.94. The van der Waals surface area contributed by atoms with Crippen LogP contribution in [0.3, 0.4) is 0 Å². The molecule has 3 N–H and O–H groups in total. The molecule has 6 nitrogen and oxygen atoms in total. The summed E-state index contributed by atoms with van der Waals surface area (Å²) in [4.78, 5) is 11.9. The number of rotatable bonds is 3. The van der Waals surface area contributed by atoms with Crippen LogP contribution in [-0.2, 0) is 13.0 Å². The SMILES string of the molecule is O=C(NCc1ccc(Br)o1)NC1CCCc2cn[nH]c21. The average molecular weight is 339 g/mol. The Labute approximate surface area is 124 Å². The maximum absolute atomic E-state index is 11.9. The number of carbonyl (C=O) groups is 1. The Morgan fingerprint density at radius 2 is 2.45 bits per heavy atom. The van der Waals surface area contributed by atoms with E-state index in [-0.39, 0.29) is 12.1 Å². The molecule has 20 heavy (non-hydrogen) atoms. The Morgan fingerprint density at radius 3 is 3.25 bits per heavy atom. The second-order valence-electron chi connectivity index (χ2n) is 4.79. The van der Waals surface area contributed by atoms with Gasteiger partial charge in [0.2, 0.25) is 0 Å². The van der Waals surface area contributed by atoms with E-state index in [9.17, 15) is 4.79 Å². The Bertz CT molecular complexity index is 607. The number of fused-ring (bicyclic) bond motifs is 1. The Kier molecular flexibility index (Phi) is 3.77. The number of aryl methyl sites for hydroxylation is 1. The van der Waals surface area contributed by atoms with Gasteiger partial charge in [-0.2, -0.15) is 5.10 Å². The van der Waals surface area contributed by atoms with Gasteiger partial charge in [0.1, 0.15) is 5.76 Å². The van der Waals surface area contributed by atoms with E-state index in [1.807, 2.05) is 12.3 Å². The number of nitrogens with one attached hydrogen (secondary N) is 3. The quantitative estimate of drug-likeness (QED) is 0.804. The molecule has 2 aromatic heterocycles. The fourth-order valence-corrected chi connectivity index (χ4v) is 2.77. The largest absolute Gasteiger partial charge is 0.452 e. The molecule has 106 valence electrons. The van der Waals surface area contributed by atoms with Crippen molar-refractivity contribution >= 4 is 22.0 Å². The number of halogens is 1. The molecule has 2 amide bonds. The zero-order valence-corrected chi connectivity index (χ0v) is 12.4. The van der Waals surface area contributed by atoms with Crippen LogP contribution >= 0.6 is 15.9 Å². The molecular weight excluding hydrogens is 324 g/mol. The molecule has 0 aromatic carbocycles. The third kappa shape index (κ3) is 2.87. The summed E-state index contributed by atoms with van der Waals surface area (Å²) in [5.74, 6) is 0.706. The smallest absolute Gasteiger partial charge is 0.315 e. The third-order valence-corrected chi connectivity index (χ3v) is 3.82. The number of carbonyl (C=O) groups excluding carboxylic acids is 1. The zero-order chi connectivity index (χ0) is 13.9. The van der Waals surface area contributed by atoms with Crippen LogP contribution in [0.5, 0.6) is 0 Å². The molecule has 7 heteroatoms. The van der Waals surface area contributed by atoms with E-state index in [0.717, 1.165) is 25.0 Å². The van der Waals surface area contributed by atoms with Gasteiger partial charge in [-0.25, -0.2) is 4.79 Å². The highest BCUT2D eigenvalue weighted by Crippen LogP contribution is 2.27. The first-order valence-corrected chi connectivity index (χ1v) is 7.32. The summed E-state index contributed by atoms with van der Waals surface area (Å²) < 4.78 is 5.98. The lowest BCUT2D eigenvalue weighted by Crippen LogP contribution is -2.38. The number of H-pyrrole nitrogens is 1. The van der Waals surface area contributed by atoms with Crippen molar-refractivity contribution in [3.8, 4) is 0 Å². The molecule has 1 aliphatic carbocycles. The molecule has 2 aromatic rings. The van der Waals surface area contributed by atoms with Gasteiger partial charge < -0.3 is 15.1 Å². The standard InChI is InChI=1S/C13H15BrN4O2/c14-11-5-4-9(20-11)7-15-13(19)17-10-3-1-2-8-6-16-18-12(8)10/h4-6,10H,1-3,7H2,(H,16,18)(H2,15,17,19). The summed E-state index contributed by atoms with van der Waals surface area (Å²) in [7, 11) is 0. The van der Waals surface area contributed by atoms with Crippen molar-refractivity contribution < 1.29 is 9.21 Å². The van der Waals surface area contributed by atoms with Crippen molar-refractivity contribution in [3.63, 3.8) is 0 Å². The van der Waals surface area contributed by atoms with Gasteiger partial charge in [0.15, 0.2) is 4.67 Å². The molecule has 0 saturated carbocycles. The fraction of sp³-hybridized carbons (Fsp3) is 0.385. The lowest BCUT2D eigenvalue weighted by molar-refractivity contribution is 0.234. The van der Waals surface area contributed by atoms with E-state index in [1.165, 1.54) is 5.56 Å². The number of hydrogen-bond acceptors (Lipinski definition) is 3. The van der Waals surface area contributed by atoms with Crippen LogP contribution in [0.1, 0.15) is 35.9 Å². The number of furan rings is 1. The van der Waals surface area contributed by atoms with Crippen LogP contribution in [0.25, 0.3) is 0 Å². The first-order chi connectivity index (χ1) is 9.72. The molecule has 1 unspecified atom stereocenters. The maximum atomic E-state index is 11.9. The van der Waals surface area contributed by atoms with E-state index in [0.29, 0.717) is 17.0 Å². The Morgan fingerprint density at radius 1 is 1.55 bits per heavy atom. The van der Waals surface area contributed by atoms with Crippen molar-refractivity contribution in [1.29, 1.82) is 0 Å². The highest BCUT2D eigenvalue weighted by atomic mass is 79.9. The monoisotopic (exact) mass is 338 g/mol. The van der Waals surface area contributed by atoms with Crippen molar-refractivity contribution in [1.82, 2.24) is 20.8 Å². The van der Waals surface area contributed by atoms with Gasteiger partial charge in [0.05, 0.1) is 24.5 Å². The second kappa shape index (κ2) is 5.70. The van der Waals surface area contributed by atoms with Gasteiger partial charge in [0, 0.05) is 0 Å². The molecule has 1 aliphatic rings. The minimum atomic E-state index is -0.204. The summed E-state index contributed by atoms with van der Waals surface area (Å²) in [6.45, 7) is 0.361. The Balaban J connectivity index is 1.55. The normalized spacial score (nSPS) is 17.6. The van der Waals surface area contributed by atoms with Gasteiger partial charge in [0.25, 0.3) is 0 Å². The van der Waals surface area contributed by atoms with Gasteiger partial charge in [-0.05, 0) is 52.9 Å². The first kappa shape index (κ1) is 13.2. The first-order valence-electron chi connectivity index (χ1n) is 6.53. The van der Waals surface area contributed by atoms with Crippen LogP contribution in [0.2, 0.25) is 0 Å². The number of hydrogen-bond donors (Lipinski definition) is 3. The second-order valence-corrected chi connectivity index (χ2v) is 5.57. The number of amides is 2. The average Bonchev–Trinajstić information content (AvgIpc) is 3.05. The van der Waals surface area contributed by atoms with E-state index in [1.54, 1.807) is 6.07 Å². The van der Waals surface area contributed by atoms with Crippen LogP contribution < -0.4 is 10.6 Å². The van der Waals surface area contributed by atoms with Gasteiger partial charge in [-0.15, -0.1) is 0 Å². The number of nitrogens with zero attached hydrogens (tertiary/aromatic N) is 1. The Hall–Kier alpha value is -1.76. The highest BCUT2D eigenvalue weighted by molar-refractivity contribution is 9.10. The molecular formula is C13H15BrN4O2. The topological polar surface area (TPSA) is 82.9 Å². The molecule has 0 bridgehead atoms. The molecule has 2 heterocycles. The molecule has 0 aliphatic heterocycles. The van der Waals surface area contributed by atoms with E-state index >= 15 is 0 Å². The lowest BCUT2D eigenvalue weighted by Gasteiger charge is -2.22. The predicted octanol–water partition coefficient (Wildman–Crippen LogP) is 2.64. The van der Waals surface area contributed by atoms with Crippen LogP contribution in [0.15, 0.2) is 27.4 Å². The van der Waals surface area contributed by atoms with Gasteiger partial charge in [-0.1, -0.05) is 0 Å². The molecule has 0 saturated heterocycles. The summed E-state index contributed by atoms with van der Waals surface area (Å²) in [5.41, 5.74) is 2.21. The highest BCUT2D eigenvalue weighted by Gasteiger charge is 2.23. The summed E-state index contributed by atoms with van der Waals surface area (Å²) in [5, 5.41) is 12.8. The maximum Gasteiger partial charge on any atom is 0.315 e. The van der Waals surface area contributed by atoms with Crippen molar-refractivity contribution in [2.24, 2.45) is 0 Å². The minimum absolute atomic E-state index is 0.00425. The molecule has 0 fully saturated rings. The summed E-state index contributed by atoms with van der Waals surface area (Å²) in [6, 6.07) is 3.42. The van der Waals surface area contributed by atoms with Crippen molar-refractivity contribution in [2.75, 3.05) is 0 Å². The molecule has 0 radical (unpaired) electrons. The van der Waals surface area contributed by atoms with E-state index < -0.39 is 0 Å². The number of urea groups is 1. The van der Waals surface area contributed by atoms with Gasteiger partial charge >= 0.3 is 6.03 Å². The van der Waals surface area contributed by atoms with Crippen LogP contribution in [0, 0.1) is 0 Å². The molecule has 0 spiro atoms. The predicted molar refractivity (Wildman–Crippen MR) is 76.0 cm³/mol. The van der Waals surface area contributed by atoms with Gasteiger partial charge in [-0.3, -0.25) is 5.10 Å². The molecule has 1 atom stereocenters. The summed E-state index contributed by atoms with van der Waals surface area (Å²) in [6.07, 6.45) is 4.84. The van der Waals surface area contributed by atoms with E-state index in [4.69, 9.17) is 4.42 Å². The number of aromatic nitrogens is 2. The van der Waals surface area contributed by atoms with Crippen LogP contribution in [0.4, 0.5) is 4.79 Å². The third-order valence-electron chi connectivity index (χ3n) is 3.40. The van der Waals surface area contributed by atoms with Crippen molar-refractivity contribution in [2.45, 2.75) is 31.8 Å².